The summed E-state index contributed by atoms with van der Waals surface area (Å²) in [5, 5.41) is 8.99. The summed E-state index contributed by atoms with van der Waals surface area (Å²) in [6, 6.07) is 1.90. The Kier molecular flexibility index (Phi) is 7.03. The standard InChI is InChI=1S/C15H20N2O3S/c1-4-21-8-7-20-14(18)6-5-12-10(2)13(9-16)15(19)17-11(12)3/h4-8H2,1-3H3,(H,17,19). The molecule has 1 heterocycles. The first-order valence-corrected chi connectivity index (χ1v) is 8.02. The van der Waals surface area contributed by atoms with Gasteiger partial charge in [0.15, 0.2) is 0 Å². The number of hydrogen-bond donors (Lipinski definition) is 1. The zero-order valence-corrected chi connectivity index (χ0v) is 13.4. The molecule has 0 atom stereocenters. The highest BCUT2D eigenvalue weighted by Gasteiger charge is 2.13. The Morgan fingerprint density at radius 3 is 2.76 bits per heavy atom. The number of esters is 1. The van der Waals surface area contributed by atoms with Gasteiger partial charge in [-0.25, -0.2) is 0 Å². The minimum Gasteiger partial charge on any atom is -0.465 e. The van der Waals surface area contributed by atoms with E-state index in [2.05, 4.69) is 11.9 Å². The molecule has 6 heteroatoms. The average Bonchev–Trinajstić information content (AvgIpc) is 2.43. The number of rotatable bonds is 7. The van der Waals surface area contributed by atoms with Crippen LogP contribution in [-0.4, -0.2) is 29.1 Å². The highest BCUT2D eigenvalue weighted by atomic mass is 32.2. The first-order valence-electron chi connectivity index (χ1n) is 6.87. The number of aryl methyl sites for hydroxylation is 1. The molecular weight excluding hydrogens is 288 g/mol. The van der Waals surface area contributed by atoms with E-state index in [-0.39, 0.29) is 23.5 Å². The van der Waals surface area contributed by atoms with Gasteiger partial charge in [-0.2, -0.15) is 17.0 Å². The van der Waals surface area contributed by atoms with E-state index in [4.69, 9.17) is 10.00 Å². The molecule has 0 aliphatic heterocycles. The van der Waals surface area contributed by atoms with Crippen molar-refractivity contribution in [3.8, 4) is 6.07 Å². The van der Waals surface area contributed by atoms with E-state index in [9.17, 15) is 9.59 Å². The van der Waals surface area contributed by atoms with Crippen LogP contribution in [0.5, 0.6) is 0 Å². The van der Waals surface area contributed by atoms with Crippen LogP contribution in [0.15, 0.2) is 4.79 Å². The van der Waals surface area contributed by atoms with Gasteiger partial charge in [0, 0.05) is 17.9 Å². The van der Waals surface area contributed by atoms with Gasteiger partial charge >= 0.3 is 5.97 Å². The third-order valence-corrected chi connectivity index (χ3v) is 4.06. The summed E-state index contributed by atoms with van der Waals surface area (Å²) in [7, 11) is 0. The van der Waals surface area contributed by atoms with Crippen molar-refractivity contribution in [2.45, 2.75) is 33.6 Å². The lowest BCUT2D eigenvalue weighted by atomic mass is 9.99. The van der Waals surface area contributed by atoms with Crippen molar-refractivity contribution in [2.75, 3.05) is 18.1 Å². The van der Waals surface area contributed by atoms with Gasteiger partial charge in [0.05, 0.1) is 0 Å². The van der Waals surface area contributed by atoms with Crippen LogP contribution in [0, 0.1) is 25.2 Å². The Hall–Kier alpha value is -1.74. The van der Waals surface area contributed by atoms with Crippen molar-refractivity contribution in [2.24, 2.45) is 0 Å². The van der Waals surface area contributed by atoms with Gasteiger partial charge in [-0.15, -0.1) is 0 Å². The second-order valence-electron chi connectivity index (χ2n) is 4.59. The Labute approximate surface area is 128 Å². The van der Waals surface area contributed by atoms with Crippen molar-refractivity contribution in [3.63, 3.8) is 0 Å². The van der Waals surface area contributed by atoms with Crippen molar-refractivity contribution >= 4 is 17.7 Å². The normalized spacial score (nSPS) is 10.2. The molecule has 1 rings (SSSR count). The number of nitrogens with one attached hydrogen (secondary N) is 1. The smallest absolute Gasteiger partial charge is 0.306 e. The lowest BCUT2D eigenvalue weighted by molar-refractivity contribution is -0.142. The summed E-state index contributed by atoms with van der Waals surface area (Å²) in [5.74, 6) is 1.55. The fourth-order valence-corrected chi connectivity index (χ4v) is 2.57. The topological polar surface area (TPSA) is 83.0 Å². The maximum Gasteiger partial charge on any atom is 0.306 e. The first kappa shape index (κ1) is 17.3. The molecule has 21 heavy (non-hydrogen) atoms. The molecule has 1 N–H and O–H groups in total. The molecule has 0 saturated carbocycles. The van der Waals surface area contributed by atoms with Crippen molar-refractivity contribution in [3.05, 3.63) is 32.7 Å². The van der Waals surface area contributed by atoms with Crippen LogP contribution in [0.25, 0.3) is 0 Å². The molecule has 5 nitrogen and oxygen atoms in total. The molecule has 0 amide bonds. The van der Waals surface area contributed by atoms with Crippen molar-refractivity contribution in [1.82, 2.24) is 4.98 Å². The minimum atomic E-state index is -0.379. The molecule has 0 aromatic carbocycles. The zero-order valence-electron chi connectivity index (χ0n) is 12.6. The predicted octanol–water partition coefficient (Wildman–Crippen LogP) is 2.09. The average molecular weight is 308 g/mol. The molecule has 0 saturated heterocycles. The summed E-state index contributed by atoms with van der Waals surface area (Å²) in [5.41, 5.74) is 1.92. The molecule has 0 spiro atoms. The number of nitrogens with zero attached hydrogens (tertiary/aromatic N) is 1. The van der Waals surface area contributed by atoms with E-state index >= 15 is 0 Å². The third-order valence-electron chi connectivity index (χ3n) is 3.19. The number of aromatic amines is 1. The van der Waals surface area contributed by atoms with E-state index in [0.29, 0.717) is 24.3 Å². The Balaban J connectivity index is 2.66. The van der Waals surface area contributed by atoms with Crippen molar-refractivity contribution in [1.29, 1.82) is 5.26 Å². The Bertz CT molecular complexity index is 602. The van der Waals surface area contributed by atoms with Crippen LogP contribution in [0.1, 0.15) is 35.7 Å². The monoisotopic (exact) mass is 308 g/mol. The van der Waals surface area contributed by atoms with E-state index in [1.54, 1.807) is 25.6 Å². The number of H-pyrrole nitrogens is 1. The van der Waals surface area contributed by atoms with Crippen molar-refractivity contribution < 1.29 is 9.53 Å². The zero-order chi connectivity index (χ0) is 15.8. The number of hydrogen-bond acceptors (Lipinski definition) is 5. The fraction of sp³-hybridized carbons (Fsp3) is 0.533. The number of aromatic nitrogens is 1. The van der Waals surface area contributed by atoms with Crippen LogP contribution >= 0.6 is 11.8 Å². The molecule has 1 aromatic heterocycles. The molecule has 0 aliphatic rings. The van der Waals surface area contributed by atoms with Gasteiger partial charge in [-0.05, 0) is 37.1 Å². The number of nitriles is 1. The maximum absolute atomic E-state index is 11.7. The summed E-state index contributed by atoms with van der Waals surface area (Å²) in [4.78, 5) is 25.9. The second kappa shape index (κ2) is 8.53. The largest absolute Gasteiger partial charge is 0.465 e. The van der Waals surface area contributed by atoms with Crippen LogP contribution in [0.3, 0.4) is 0 Å². The summed E-state index contributed by atoms with van der Waals surface area (Å²) < 4.78 is 5.13. The van der Waals surface area contributed by atoms with Gasteiger partial charge in [0.25, 0.3) is 5.56 Å². The highest BCUT2D eigenvalue weighted by molar-refractivity contribution is 7.99. The molecule has 0 bridgehead atoms. The van der Waals surface area contributed by atoms with Gasteiger partial charge in [-0.3, -0.25) is 9.59 Å². The molecule has 1 aromatic rings. The fourth-order valence-electron chi connectivity index (χ4n) is 2.08. The van der Waals surface area contributed by atoms with E-state index in [0.717, 1.165) is 17.1 Å². The Morgan fingerprint density at radius 2 is 2.14 bits per heavy atom. The quantitative estimate of drug-likeness (QED) is 0.616. The maximum atomic E-state index is 11.7. The first-order chi connectivity index (χ1) is 10.0. The molecule has 0 radical (unpaired) electrons. The van der Waals surface area contributed by atoms with Crippen LogP contribution in [0.2, 0.25) is 0 Å². The van der Waals surface area contributed by atoms with Crippen LogP contribution in [-0.2, 0) is 16.0 Å². The van der Waals surface area contributed by atoms with Gasteiger partial charge in [-0.1, -0.05) is 6.92 Å². The molecule has 0 aliphatic carbocycles. The minimum absolute atomic E-state index is 0.114. The van der Waals surface area contributed by atoms with E-state index in [1.165, 1.54) is 0 Å². The number of ether oxygens (including phenoxy) is 1. The highest BCUT2D eigenvalue weighted by Crippen LogP contribution is 2.15. The number of carbonyl (C=O) groups is 1. The van der Waals surface area contributed by atoms with Gasteiger partial charge in [0.1, 0.15) is 18.2 Å². The Morgan fingerprint density at radius 1 is 1.43 bits per heavy atom. The lowest BCUT2D eigenvalue weighted by Crippen LogP contribution is -2.17. The molecular formula is C15H20N2O3S. The third kappa shape index (κ3) is 4.94. The summed E-state index contributed by atoms with van der Waals surface area (Å²) in [6.07, 6.45) is 0.707. The summed E-state index contributed by atoms with van der Waals surface area (Å²) >= 11 is 1.72. The predicted molar refractivity (Wildman–Crippen MR) is 83.5 cm³/mol. The summed E-state index contributed by atoms with van der Waals surface area (Å²) in [6.45, 7) is 5.98. The second-order valence-corrected chi connectivity index (χ2v) is 5.98. The van der Waals surface area contributed by atoms with Gasteiger partial charge in [0.2, 0.25) is 0 Å². The number of thioether (sulfide) groups is 1. The number of carbonyl (C=O) groups excluding carboxylic acids is 1. The molecule has 114 valence electrons. The number of pyridine rings is 1. The molecule has 0 unspecified atom stereocenters. The molecule has 0 fully saturated rings. The lowest BCUT2D eigenvalue weighted by Gasteiger charge is -2.10. The van der Waals surface area contributed by atoms with E-state index < -0.39 is 0 Å². The van der Waals surface area contributed by atoms with Crippen LogP contribution in [0.4, 0.5) is 0 Å². The SMILES string of the molecule is CCSCCOC(=O)CCc1c(C)[nH]c(=O)c(C#N)c1C. The van der Waals surface area contributed by atoms with Gasteiger partial charge < -0.3 is 9.72 Å². The van der Waals surface area contributed by atoms with Crippen LogP contribution < -0.4 is 5.56 Å². The van der Waals surface area contributed by atoms with E-state index in [1.807, 2.05) is 6.07 Å².